The van der Waals surface area contributed by atoms with Crippen molar-refractivity contribution in [3.05, 3.63) is 59.7 Å². The van der Waals surface area contributed by atoms with Crippen molar-refractivity contribution in [1.82, 2.24) is 10.2 Å². The van der Waals surface area contributed by atoms with E-state index in [2.05, 4.69) is 41.5 Å². The van der Waals surface area contributed by atoms with Gasteiger partial charge in [0.2, 0.25) is 0 Å². The minimum atomic E-state index is -0.924. The highest BCUT2D eigenvalue weighted by atomic mass is 16.5. The number of benzene rings is 2. The maximum Gasteiger partial charge on any atom is 0.407 e. The molecule has 1 amide bonds. The number of ether oxygens (including phenoxy) is 1. The summed E-state index contributed by atoms with van der Waals surface area (Å²) < 4.78 is 5.57. The fourth-order valence-corrected chi connectivity index (χ4v) is 4.68. The molecule has 0 bridgehead atoms. The van der Waals surface area contributed by atoms with Gasteiger partial charge in [-0.15, -0.1) is 0 Å². The summed E-state index contributed by atoms with van der Waals surface area (Å²) in [5.41, 5.74) is 3.89. The van der Waals surface area contributed by atoms with E-state index < -0.39 is 11.7 Å². The quantitative estimate of drug-likeness (QED) is 0.813. The average Bonchev–Trinajstić information content (AvgIpc) is 3.05. The van der Waals surface area contributed by atoms with Crippen LogP contribution in [0.2, 0.25) is 0 Å². The standard InChI is InChI=1S/C24H30N2O3/c1-24(28,17-11-13-26(2)14-12-17)16-25-23(27)29-15-22-20-9-5-3-7-18(20)19-8-4-6-10-21(19)22/h3-10,17,22,28H,11-16H2,1-2H3,(H,25,27). The van der Waals surface area contributed by atoms with Crippen LogP contribution < -0.4 is 5.32 Å². The highest BCUT2D eigenvalue weighted by Gasteiger charge is 2.34. The van der Waals surface area contributed by atoms with E-state index in [9.17, 15) is 9.90 Å². The Kier molecular flexibility index (Phi) is 5.61. The third-order valence-corrected chi connectivity index (χ3v) is 6.53. The van der Waals surface area contributed by atoms with E-state index in [1.807, 2.05) is 31.2 Å². The number of hydrogen-bond acceptors (Lipinski definition) is 4. The molecular weight excluding hydrogens is 364 g/mol. The fourth-order valence-electron chi connectivity index (χ4n) is 4.68. The highest BCUT2D eigenvalue weighted by Crippen LogP contribution is 2.44. The summed E-state index contributed by atoms with van der Waals surface area (Å²) in [7, 11) is 2.10. The van der Waals surface area contributed by atoms with Crippen molar-refractivity contribution in [2.45, 2.75) is 31.3 Å². The van der Waals surface area contributed by atoms with Gasteiger partial charge in [-0.1, -0.05) is 48.5 Å². The molecule has 1 fully saturated rings. The fraction of sp³-hybridized carbons (Fsp3) is 0.458. The summed E-state index contributed by atoms with van der Waals surface area (Å²) in [6, 6.07) is 16.6. The molecule has 5 nitrogen and oxygen atoms in total. The summed E-state index contributed by atoms with van der Waals surface area (Å²) in [6.45, 7) is 4.26. The van der Waals surface area contributed by atoms with Crippen LogP contribution in [-0.4, -0.2) is 55.0 Å². The first-order valence-corrected chi connectivity index (χ1v) is 10.5. The van der Waals surface area contributed by atoms with Crippen LogP contribution in [0.3, 0.4) is 0 Å². The first-order chi connectivity index (χ1) is 14.0. The Labute approximate surface area is 172 Å². The van der Waals surface area contributed by atoms with Gasteiger partial charge in [0.05, 0.1) is 5.60 Å². The number of amides is 1. The van der Waals surface area contributed by atoms with Crippen molar-refractivity contribution >= 4 is 6.09 Å². The van der Waals surface area contributed by atoms with Crippen molar-refractivity contribution in [2.75, 3.05) is 33.3 Å². The number of piperidine rings is 1. The second kappa shape index (κ2) is 8.17. The normalized spacial score (nSPS) is 19.3. The Morgan fingerprint density at radius 2 is 1.66 bits per heavy atom. The molecule has 0 saturated carbocycles. The number of aliphatic hydroxyl groups is 1. The summed E-state index contributed by atoms with van der Waals surface area (Å²) in [5, 5.41) is 13.6. The van der Waals surface area contributed by atoms with Gasteiger partial charge in [-0.05, 0) is 68.1 Å². The van der Waals surface area contributed by atoms with Crippen LogP contribution in [-0.2, 0) is 4.74 Å². The van der Waals surface area contributed by atoms with Gasteiger partial charge in [-0.2, -0.15) is 0 Å². The van der Waals surface area contributed by atoms with Crippen LogP contribution in [0.1, 0.15) is 36.8 Å². The zero-order valence-corrected chi connectivity index (χ0v) is 17.2. The van der Waals surface area contributed by atoms with Crippen molar-refractivity contribution in [3.63, 3.8) is 0 Å². The molecule has 2 aromatic rings. The van der Waals surface area contributed by atoms with Crippen molar-refractivity contribution < 1.29 is 14.6 Å². The number of rotatable bonds is 5. The van der Waals surface area contributed by atoms with Crippen LogP contribution in [0, 0.1) is 5.92 Å². The van der Waals surface area contributed by atoms with E-state index in [4.69, 9.17) is 4.74 Å². The van der Waals surface area contributed by atoms with E-state index in [1.165, 1.54) is 22.3 Å². The Hall–Kier alpha value is -2.37. The minimum absolute atomic E-state index is 0.0440. The van der Waals surface area contributed by atoms with E-state index >= 15 is 0 Å². The Bertz CT molecular complexity index is 826. The lowest BCUT2D eigenvalue weighted by atomic mass is 9.82. The first-order valence-electron chi connectivity index (χ1n) is 10.5. The molecule has 29 heavy (non-hydrogen) atoms. The predicted molar refractivity (Wildman–Crippen MR) is 114 cm³/mol. The summed E-state index contributed by atoms with van der Waals surface area (Å²) >= 11 is 0. The molecule has 154 valence electrons. The maximum atomic E-state index is 12.4. The largest absolute Gasteiger partial charge is 0.449 e. The molecule has 1 aliphatic carbocycles. The summed E-state index contributed by atoms with van der Waals surface area (Å²) in [4.78, 5) is 14.6. The van der Waals surface area contributed by atoms with Gasteiger partial charge in [0.1, 0.15) is 6.61 Å². The smallest absolute Gasteiger partial charge is 0.407 e. The Morgan fingerprint density at radius 1 is 1.10 bits per heavy atom. The second-order valence-corrected chi connectivity index (χ2v) is 8.61. The van der Waals surface area contributed by atoms with Gasteiger partial charge in [-0.3, -0.25) is 0 Å². The van der Waals surface area contributed by atoms with E-state index in [-0.39, 0.29) is 25.0 Å². The molecule has 0 radical (unpaired) electrons. The molecule has 2 N–H and O–H groups in total. The zero-order valence-electron chi connectivity index (χ0n) is 17.2. The lowest BCUT2D eigenvalue weighted by Crippen LogP contribution is -2.49. The van der Waals surface area contributed by atoms with Crippen LogP contribution in [0.25, 0.3) is 11.1 Å². The minimum Gasteiger partial charge on any atom is -0.449 e. The van der Waals surface area contributed by atoms with Gasteiger partial charge in [0, 0.05) is 12.5 Å². The van der Waals surface area contributed by atoms with Crippen molar-refractivity contribution in [1.29, 1.82) is 0 Å². The zero-order chi connectivity index (χ0) is 20.4. The maximum absolute atomic E-state index is 12.4. The van der Waals surface area contributed by atoms with Crippen molar-refractivity contribution in [3.8, 4) is 11.1 Å². The number of hydrogen-bond donors (Lipinski definition) is 2. The number of likely N-dealkylation sites (tertiary alicyclic amines) is 1. The van der Waals surface area contributed by atoms with Gasteiger partial charge < -0.3 is 20.1 Å². The summed E-state index contributed by atoms with van der Waals surface area (Å²) in [5.74, 6) is 0.232. The number of carbonyl (C=O) groups is 1. The monoisotopic (exact) mass is 394 g/mol. The number of nitrogens with one attached hydrogen (secondary N) is 1. The molecule has 2 aromatic carbocycles. The molecule has 1 heterocycles. The molecule has 1 atom stereocenters. The highest BCUT2D eigenvalue weighted by molar-refractivity contribution is 5.79. The van der Waals surface area contributed by atoms with Gasteiger partial charge >= 0.3 is 6.09 Å². The Morgan fingerprint density at radius 3 is 2.24 bits per heavy atom. The van der Waals surface area contributed by atoms with E-state index in [1.54, 1.807) is 0 Å². The van der Waals surface area contributed by atoms with Crippen LogP contribution >= 0.6 is 0 Å². The van der Waals surface area contributed by atoms with E-state index in [0.29, 0.717) is 0 Å². The molecule has 2 aliphatic rings. The van der Waals surface area contributed by atoms with Gasteiger partial charge in [0.25, 0.3) is 0 Å². The molecule has 1 saturated heterocycles. The molecule has 4 rings (SSSR count). The molecule has 1 aliphatic heterocycles. The number of nitrogens with zero attached hydrogens (tertiary/aromatic N) is 1. The molecule has 1 unspecified atom stereocenters. The lowest BCUT2D eigenvalue weighted by molar-refractivity contribution is -0.0238. The van der Waals surface area contributed by atoms with Crippen LogP contribution in [0.4, 0.5) is 4.79 Å². The summed E-state index contributed by atoms with van der Waals surface area (Å²) in [6.07, 6.45) is 1.41. The Balaban J connectivity index is 1.34. The number of carbonyl (C=O) groups excluding carboxylic acids is 1. The third-order valence-electron chi connectivity index (χ3n) is 6.53. The molecule has 5 heteroatoms. The SMILES string of the molecule is CN1CCC(C(C)(O)CNC(=O)OCC2c3ccccc3-c3ccccc32)CC1. The van der Waals surface area contributed by atoms with Crippen molar-refractivity contribution in [2.24, 2.45) is 5.92 Å². The molecular formula is C24H30N2O3. The lowest BCUT2D eigenvalue weighted by Gasteiger charge is -2.38. The molecule has 0 aromatic heterocycles. The molecule has 0 spiro atoms. The third kappa shape index (κ3) is 4.16. The first kappa shape index (κ1) is 19.9. The predicted octanol–water partition coefficient (Wildman–Crippen LogP) is 3.62. The second-order valence-electron chi connectivity index (χ2n) is 8.61. The van der Waals surface area contributed by atoms with E-state index in [0.717, 1.165) is 25.9 Å². The topological polar surface area (TPSA) is 61.8 Å². The number of alkyl carbamates (subject to hydrolysis) is 1. The average molecular weight is 395 g/mol. The van der Waals surface area contributed by atoms with Gasteiger partial charge in [-0.25, -0.2) is 4.79 Å². The van der Waals surface area contributed by atoms with Gasteiger partial charge in [0.15, 0.2) is 0 Å². The van der Waals surface area contributed by atoms with Crippen LogP contribution in [0.5, 0.6) is 0 Å². The van der Waals surface area contributed by atoms with Crippen LogP contribution in [0.15, 0.2) is 48.5 Å². The number of fused-ring (bicyclic) bond motifs is 3.